The van der Waals surface area contributed by atoms with Crippen molar-refractivity contribution in [1.82, 2.24) is 0 Å². The zero-order valence-electron chi connectivity index (χ0n) is 43.9. The molecule has 2 aliphatic carbocycles. The van der Waals surface area contributed by atoms with E-state index in [9.17, 15) is 24.4 Å². The SMILES string of the molecule is C=CC(=O)OCCCCCOc1ccc(-c2ccc(C3CCC(CCC(=O)Oc4ccc(C#N)cc4OC(=O)CCC4CCC(c5ccc(-c6ccc(OCCCCCOC(=O)C=C)cc6)cc5)CC4)CC3)cc2)cc1. The molecule has 0 N–H and O–H groups in total. The summed E-state index contributed by atoms with van der Waals surface area (Å²) < 4.78 is 33.4. The number of benzene rings is 5. The lowest BCUT2D eigenvalue weighted by atomic mass is 9.77. The Kier molecular flexibility index (Phi) is 22.4. The molecule has 2 fully saturated rings. The number of carbonyl (C=O) groups is 4. The van der Waals surface area contributed by atoms with Crippen molar-refractivity contribution >= 4 is 23.9 Å². The largest absolute Gasteiger partial charge is 0.494 e. The van der Waals surface area contributed by atoms with Crippen molar-refractivity contribution in [3.8, 4) is 51.3 Å². The molecule has 0 atom stereocenters. The first-order valence-electron chi connectivity index (χ1n) is 27.4. The maximum atomic E-state index is 13.2. The normalized spacial score (nSPS) is 17.0. The zero-order chi connectivity index (χ0) is 53.3. The van der Waals surface area contributed by atoms with Gasteiger partial charge < -0.3 is 28.4 Å². The second-order valence-corrected chi connectivity index (χ2v) is 20.1. The molecule has 11 heteroatoms. The molecule has 5 aromatic carbocycles. The Morgan fingerprint density at radius 1 is 0.474 bits per heavy atom. The first kappa shape index (κ1) is 56.3. The summed E-state index contributed by atoms with van der Waals surface area (Å²) in [4.78, 5) is 48.7. The van der Waals surface area contributed by atoms with Crippen LogP contribution in [0.4, 0.5) is 0 Å². The highest BCUT2D eigenvalue weighted by molar-refractivity contribution is 5.81. The highest BCUT2D eigenvalue weighted by Gasteiger charge is 2.26. The summed E-state index contributed by atoms with van der Waals surface area (Å²) in [7, 11) is 0. The van der Waals surface area contributed by atoms with Gasteiger partial charge in [0.15, 0.2) is 11.5 Å². The Morgan fingerprint density at radius 3 is 1.25 bits per heavy atom. The maximum absolute atomic E-state index is 13.2. The third kappa shape index (κ3) is 18.1. The highest BCUT2D eigenvalue weighted by atomic mass is 16.6. The first-order chi connectivity index (χ1) is 37.2. The summed E-state index contributed by atoms with van der Waals surface area (Å²) >= 11 is 0. The molecular formula is C65H73NO10. The number of carbonyl (C=O) groups excluding carboxylic acids is 4. The summed E-state index contributed by atoms with van der Waals surface area (Å²) in [6.07, 6.45) is 17.9. The average Bonchev–Trinajstić information content (AvgIpc) is 3.46. The second-order valence-electron chi connectivity index (χ2n) is 20.1. The molecule has 0 radical (unpaired) electrons. The fourth-order valence-corrected chi connectivity index (χ4v) is 10.3. The average molecular weight is 1030 g/mol. The molecule has 398 valence electrons. The van der Waals surface area contributed by atoms with Gasteiger partial charge in [-0.1, -0.05) is 86.0 Å². The molecule has 0 spiro atoms. The van der Waals surface area contributed by atoms with Crippen LogP contribution in [-0.2, 0) is 28.7 Å². The minimum Gasteiger partial charge on any atom is -0.494 e. The molecular weight excluding hydrogens is 955 g/mol. The van der Waals surface area contributed by atoms with E-state index in [2.05, 4.69) is 92.0 Å². The number of nitriles is 1. The van der Waals surface area contributed by atoms with Gasteiger partial charge in [-0.05, 0) is 196 Å². The van der Waals surface area contributed by atoms with Crippen LogP contribution in [-0.4, -0.2) is 50.3 Å². The molecule has 11 nitrogen and oxygen atoms in total. The van der Waals surface area contributed by atoms with Gasteiger partial charge in [-0.15, -0.1) is 0 Å². The summed E-state index contributed by atoms with van der Waals surface area (Å²) in [6.45, 7) is 8.82. The molecule has 5 aromatic rings. The van der Waals surface area contributed by atoms with E-state index < -0.39 is 5.97 Å². The van der Waals surface area contributed by atoms with Crippen molar-refractivity contribution in [3.63, 3.8) is 0 Å². The Hall–Kier alpha value is -7.45. The molecule has 0 aromatic heterocycles. The third-order valence-corrected chi connectivity index (χ3v) is 14.8. The molecule has 0 bridgehead atoms. The molecule has 7 rings (SSSR count). The van der Waals surface area contributed by atoms with Crippen molar-refractivity contribution in [2.24, 2.45) is 11.8 Å². The Labute approximate surface area is 449 Å². The summed E-state index contributed by atoms with van der Waals surface area (Å²) in [5.41, 5.74) is 7.58. The Balaban J connectivity index is 0.769. The lowest BCUT2D eigenvalue weighted by Crippen LogP contribution is -2.17. The lowest BCUT2D eigenvalue weighted by molar-refractivity contribution is -0.138. The Bertz CT molecular complexity index is 2690. The predicted octanol–water partition coefficient (Wildman–Crippen LogP) is 14.8. The first-order valence-corrected chi connectivity index (χ1v) is 27.4. The predicted molar refractivity (Wildman–Crippen MR) is 295 cm³/mol. The van der Waals surface area contributed by atoms with Crippen LogP contribution in [0.3, 0.4) is 0 Å². The van der Waals surface area contributed by atoms with E-state index in [1.807, 2.05) is 24.3 Å². The van der Waals surface area contributed by atoms with E-state index in [0.717, 1.165) is 130 Å². The standard InChI is InChI=1S/C65H73NO10/c1-3-62(67)73-43-9-5-7-41-71-58-34-30-56(31-35-58)54-26-22-52(23-27-54)50-18-11-47(12-19-50)16-39-64(69)75-60-38-15-49(46-66)45-61(60)76-65(70)40-17-48-13-20-51(21-14-48)53-24-28-55(29-25-53)57-32-36-59(37-33-57)72-42-8-6-10-44-74-63(68)4-2/h3-4,15,22-38,45,47-48,50-51H,1-2,5-14,16-21,39-44H2. The van der Waals surface area contributed by atoms with Gasteiger partial charge >= 0.3 is 23.9 Å². The third-order valence-electron chi connectivity index (χ3n) is 14.8. The number of hydrogen-bond donors (Lipinski definition) is 0. The molecule has 76 heavy (non-hydrogen) atoms. The lowest BCUT2D eigenvalue weighted by Gasteiger charge is -2.29. The highest BCUT2D eigenvalue weighted by Crippen LogP contribution is 2.40. The van der Waals surface area contributed by atoms with Gasteiger partial charge in [0.25, 0.3) is 0 Å². The van der Waals surface area contributed by atoms with Crippen molar-refractivity contribution in [2.75, 3.05) is 26.4 Å². The Morgan fingerprint density at radius 2 is 0.855 bits per heavy atom. The summed E-state index contributed by atoms with van der Waals surface area (Å²) in [5, 5.41) is 9.60. The van der Waals surface area contributed by atoms with Crippen molar-refractivity contribution in [3.05, 3.63) is 157 Å². The molecule has 0 heterocycles. The fourth-order valence-electron chi connectivity index (χ4n) is 10.3. The molecule has 0 unspecified atom stereocenters. The molecule has 2 saturated carbocycles. The number of esters is 4. The second kappa shape index (κ2) is 30.2. The van der Waals surface area contributed by atoms with Crippen LogP contribution in [0.5, 0.6) is 23.0 Å². The van der Waals surface area contributed by atoms with Crippen molar-refractivity contribution < 1.29 is 47.6 Å². The van der Waals surface area contributed by atoms with Gasteiger partial charge in [0, 0.05) is 31.1 Å². The number of ether oxygens (including phenoxy) is 6. The smallest absolute Gasteiger partial charge is 0.330 e. The van der Waals surface area contributed by atoms with Crippen LogP contribution in [0.2, 0.25) is 0 Å². The topological polar surface area (TPSA) is 147 Å². The number of nitrogens with zero attached hydrogens (tertiary/aromatic N) is 1. The summed E-state index contributed by atoms with van der Waals surface area (Å²) in [6, 6.07) is 40.7. The number of unbranched alkanes of at least 4 members (excludes halogenated alkanes) is 4. The molecule has 0 saturated heterocycles. The monoisotopic (exact) mass is 1030 g/mol. The van der Waals surface area contributed by atoms with E-state index in [0.29, 0.717) is 62.1 Å². The van der Waals surface area contributed by atoms with Gasteiger partial charge in [-0.3, -0.25) is 9.59 Å². The number of hydrogen-bond acceptors (Lipinski definition) is 11. The fraction of sp³-hybridized carbons (Fsp3) is 0.400. The molecule has 2 aliphatic rings. The van der Waals surface area contributed by atoms with Crippen molar-refractivity contribution in [2.45, 2.75) is 127 Å². The molecule has 0 amide bonds. The van der Waals surface area contributed by atoms with Gasteiger partial charge in [-0.2, -0.15) is 5.26 Å². The van der Waals surface area contributed by atoms with E-state index in [4.69, 9.17) is 28.4 Å². The van der Waals surface area contributed by atoms with Crippen LogP contribution in [0.1, 0.15) is 144 Å². The van der Waals surface area contributed by atoms with Crippen molar-refractivity contribution in [1.29, 1.82) is 5.26 Å². The van der Waals surface area contributed by atoms with Gasteiger partial charge in [-0.25, -0.2) is 9.59 Å². The minimum absolute atomic E-state index is 0.102. The van der Waals surface area contributed by atoms with E-state index in [1.54, 1.807) is 12.1 Å². The van der Waals surface area contributed by atoms with E-state index in [-0.39, 0.29) is 42.2 Å². The quantitative estimate of drug-likeness (QED) is 0.0204. The number of rotatable bonds is 28. The van der Waals surface area contributed by atoms with Crippen LogP contribution in [0.25, 0.3) is 22.3 Å². The van der Waals surface area contributed by atoms with Gasteiger partial charge in [0.2, 0.25) is 0 Å². The van der Waals surface area contributed by atoms with E-state index >= 15 is 0 Å². The zero-order valence-corrected chi connectivity index (χ0v) is 43.9. The van der Waals surface area contributed by atoms with Gasteiger partial charge in [0.1, 0.15) is 11.5 Å². The molecule has 0 aliphatic heterocycles. The van der Waals surface area contributed by atoms with Crippen LogP contribution >= 0.6 is 0 Å². The van der Waals surface area contributed by atoms with Crippen LogP contribution < -0.4 is 18.9 Å². The maximum Gasteiger partial charge on any atom is 0.330 e. The van der Waals surface area contributed by atoms with Crippen LogP contribution in [0.15, 0.2) is 141 Å². The summed E-state index contributed by atoms with van der Waals surface area (Å²) in [5.74, 6) is 2.17. The van der Waals surface area contributed by atoms with Gasteiger partial charge in [0.05, 0.1) is 38.1 Å². The van der Waals surface area contributed by atoms with E-state index in [1.165, 1.54) is 29.3 Å². The van der Waals surface area contributed by atoms with Crippen LogP contribution in [0, 0.1) is 23.2 Å². The minimum atomic E-state index is -0.400.